The Kier molecular flexibility index (Phi) is 8.16. The summed E-state index contributed by atoms with van der Waals surface area (Å²) in [6, 6.07) is 6.73. The van der Waals surface area contributed by atoms with Crippen LogP contribution < -0.4 is 24.4 Å². The van der Waals surface area contributed by atoms with Crippen molar-refractivity contribution >= 4 is 34.8 Å². The monoisotopic (exact) mass is 496 g/mol. The highest BCUT2D eigenvalue weighted by Crippen LogP contribution is 2.44. The van der Waals surface area contributed by atoms with Gasteiger partial charge in [-0.25, -0.2) is 0 Å². The third-order valence-electron chi connectivity index (χ3n) is 4.39. The smallest absolute Gasteiger partial charge is 0.454 e. The Morgan fingerprint density at radius 2 is 1.52 bits per heavy atom. The number of rotatable bonds is 3. The zero-order chi connectivity index (χ0) is 22.4. The second-order valence-corrected chi connectivity index (χ2v) is 6.92. The molecule has 1 fully saturated rings. The van der Waals surface area contributed by atoms with Crippen LogP contribution in [0.25, 0.3) is 0 Å². The topological polar surface area (TPSA) is 113 Å². The fourth-order valence-corrected chi connectivity index (χ4v) is 3.57. The van der Waals surface area contributed by atoms with Crippen molar-refractivity contribution in [3.05, 3.63) is 39.9 Å². The molecule has 5 rings (SSSR count). The normalized spacial score (nSPS) is 15.5. The molecule has 2 N–H and O–H groups in total. The van der Waals surface area contributed by atoms with E-state index in [4.69, 9.17) is 38.5 Å². The lowest BCUT2D eigenvalue weighted by molar-refractivity contribution is -0.0461. The van der Waals surface area contributed by atoms with Crippen molar-refractivity contribution in [2.24, 2.45) is 0 Å². The first-order valence-electron chi connectivity index (χ1n) is 9.65. The van der Waals surface area contributed by atoms with Crippen LogP contribution in [0.1, 0.15) is 36.1 Å². The molecule has 0 amide bonds. The van der Waals surface area contributed by atoms with E-state index in [1.54, 1.807) is 0 Å². The molecule has 0 atom stereocenters. The van der Waals surface area contributed by atoms with Crippen molar-refractivity contribution in [3.63, 3.8) is 0 Å². The molecule has 0 aromatic heterocycles. The van der Waals surface area contributed by atoms with Crippen LogP contribution in [0.4, 0.5) is 0 Å². The van der Waals surface area contributed by atoms with E-state index in [1.165, 1.54) is 12.1 Å². The summed E-state index contributed by atoms with van der Waals surface area (Å²) in [5, 5.41) is 17.9. The summed E-state index contributed by atoms with van der Waals surface area (Å²) in [7, 11) is -1.69. The maximum absolute atomic E-state index is 10.7. The van der Waals surface area contributed by atoms with Crippen LogP contribution in [0, 0.1) is 0 Å². The summed E-state index contributed by atoms with van der Waals surface area (Å²) in [6.07, 6.45) is 0.165. The average molecular weight is 497 g/mol. The molecule has 11 heteroatoms. The molecule has 0 saturated carbocycles. The zero-order valence-corrected chi connectivity index (χ0v) is 18.6. The Bertz CT molecular complexity index is 916. The molecule has 2 aromatic carbocycles. The minimum Gasteiger partial charge on any atom is -0.454 e. The van der Waals surface area contributed by atoms with E-state index in [2.05, 4.69) is 15.9 Å². The summed E-state index contributed by atoms with van der Waals surface area (Å²) in [4.78, 5) is 10.7. The summed E-state index contributed by atoms with van der Waals surface area (Å²) in [5.74, 6) is 2.17. The molecule has 0 aliphatic carbocycles. The van der Waals surface area contributed by atoms with Gasteiger partial charge in [0.25, 0.3) is 0 Å². The van der Waals surface area contributed by atoms with Gasteiger partial charge in [0.1, 0.15) is 0 Å². The van der Waals surface area contributed by atoms with Crippen LogP contribution >= 0.6 is 15.9 Å². The van der Waals surface area contributed by atoms with Crippen LogP contribution in [-0.2, 0) is 9.47 Å². The molecular formula is C20H22BBrO9. The van der Waals surface area contributed by atoms with Gasteiger partial charge in [0, 0.05) is 4.47 Å². The van der Waals surface area contributed by atoms with E-state index >= 15 is 0 Å². The van der Waals surface area contributed by atoms with Gasteiger partial charge in [0.2, 0.25) is 13.6 Å². The molecule has 3 heterocycles. The Labute approximate surface area is 188 Å². The van der Waals surface area contributed by atoms with Gasteiger partial charge in [-0.15, -0.1) is 0 Å². The van der Waals surface area contributed by atoms with Gasteiger partial charge in [-0.1, -0.05) is 35.8 Å². The fraction of sp³-hybridized carbons (Fsp3) is 0.350. The zero-order valence-electron chi connectivity index (χ0n) is 17.0. The van der Waals surface area contributed by atoms with E-state index in [0.29, 0.717) is 25.2 Å². The number of fused-ring (bicyclic) bond motifs is 2. The number of halogens is 1. The van der Waals surface area contributed by atoms with E-state index < -0.39 is 7.12 Å². The van der Waals surface area contributed by atoms with E-state index in [9.17, 15) is 4.79 Å². The number of carbonyl (C=O) groups excluding carboxylic acids is 1. The van der Waals surface area contributed by atoms with E-state index in [1.807, 2.05) is 26.0 Å². The minimum absolute atomic E-state index is 0.0428. The Hall–Kier alpha value is -2.31. The van der Waals surface area contributed by atoms with Gasteiger partial charge in [-0.05, 0) is 23.7 Å². The quantitative estimate of drug-likeness (QED) is 0.487. The van der Waals surface area contributed by atoms with Gasteiger partial charge in [0.15, 0.2) is 35.6 Å². The molecule has 1 saturated heterocycles. The Morgan fingerprint density at radius 1 is 0.935 bits per heavy atom. The highest BCUT2D eigenvalue weighted by atomic mass is 79.9. The van der Waals surface area contributed by atoms with Crippen molar-refractivity contribution in [2.45, 2.75) is 20.1 Å². The number of aldehydes is 1. The molecule has 0 bridgehead atoms. The predicted octanol–water partition coefficient (Wildman–Crippen LogP) is 2.16. The van der Waals surface area contributed by atoms with Crippen LogP contribution in [0.5, 0.6) is 23.0 Å². The standard InChI is InChI=1S/C10H9BrO4.C8H7BO5.C2H6/c11-6-1-2-7-9(15-5-14-7)8(6)10-12-3-4-13-10;10-3-5-6(9(11)12)1-2-7-8(5)14-4-13-7;1-2/h1-2,10H,3-5H2;1-3,11-12H,4H2;1-2H3. The van der Waals surface area contributed by atoms with Crippen LogP contribution in [0.2, 0.25) is 0 Å². The van der Waals surface area contributed by atoms with Crippen molar-refractivity contribution in [1.29, 1.82) is 0 Å². The van der Waals surface area contributed by atoms with E-state index in [-0.39, 0.29) is 36.7 Å². The lowest BCUT2D eigenvalue weighted by Crippen LogP contribution is -2.33. The summed E-state index contributed by atoms with van der Waals surface area (Å²) < 4.78 is 32.6. The molecule has 166 valence electrons. The Balaban J connectivity index is 0.000000163. The maximum Gasteiger partial charge on any atom is 0.489 e. The molecular weight excluding hydrogens is 475 g/mol. The fourth-order valence-electron chi connectivity index (χ4n) is 3.07. The first kappa shape index (κ1) is 23.4. The van der Waals surface area contributed by atoms with Gasteiger partial charge in [-0.3, -0.25) is 4.79 Å². The molecule has 9 nitrogen and oxygen atoms in total. The maximum atomic E-state index is 10.7. The predicted molar refractivity (Wildman–Crippen MR) is 114 cm³/mol. The molecule has 0 radical (unpaired) electrons. The number of hydrogen-bond donors (Lipinski definition) is 2. The lowest BCUT2D eigenvalue weighted by atomic mass is 9.77. The third kappa shape index (κ3) is 4.96. The van der Waals surface area contributed by atoms with Crippen LogP contribution in [0.3, 0.4) is 0 Å². The van der Waals surface area contributed by atoms with Crippen molar-refractivity contribution in [2.75, 3.05) is 26.8 Å². The van der Waals surface area contributed by atoms with Gasteiger partial charge < -0.3 is 38.5 Å². The summed E-state index contributed by atoms with van der Waals surface area (Å²) in [6.45, 7) is 5.52. The number of benzene rings is 2. The second kappa shape index (κ2) is 10.8. The average Bonchev–Trinajstić information content (AvgIpc) is 3.55. The molecule has 2 aromatic rings. The van der Waals surface area contributed by atoms with Crippen molar-refractivity contribution in [1.82, 2.24) is 0 Å². The number of ether oxygens (including phenoxy) is 6. The summed E-state index contributed by atoms with van der Waals surface area (Å²) >= 11 is 3.46. The molecule has 0 spiro atoms. The lowest BCUT2D eigenvalue weighted by Gasteiger charge is -2.13. The van der Waals surface area contributed by atoms with Crippen molar-refractivity contribution < 1.29 is 43.3 Å². The van der Waals surface area contributed by atoms with Crippen LogP contribution in [0.15, 0.2) is 28.7 Å². The van der Waals surface area contributed by atoms with E-state index in [0.717, 1.165) is 21.5 Å². The largest absolute Gasteiger partial charge is 0.489 e. The van der Waals surface area contributed by atoms with Crippen LogP contribution in [-0.4, -0.2) is 50.3 Å². The first-order valence-corrected chi connectivity index (χ1v) is 10.4. The van der Waals surface area contributed by atoms with Gasteiger partial charge in [-0.2, -0.15) is 0 Å². The minimum atomic E-state index is -1.69. The first-order chi connectivity index (χ1) is 15.1. The molecule has 3 aliphatic heterocycles. The highest BCUT2D eigenvalue weighted by Gasteiger charge is 2.29. The number of carbonyl (C=O) groups is 1. The highest BCUT2D eigenvalue weighted by molar-refractivity contribution is 9.10. The SMILES string of the molecule is Brc1ccc2c(c1C1OCCO1)OCO2.CC.O=Cc1c(B(O)O)ccc2c1OCO2. The molecule has 31 heavy (non-hydrogen) atoms. The van der Waals surface area contributed by atoms with Gasteiger partial charge >= 0.3 is 7.12 Å². The van der Waals surface area contributed by atoms with Gasteiger partial charge in [0.05, 0.1) is 24.3 Å². The number of hydrogen-bond acceptors (Lipinski definition) is 9. The summed E-state index contributed by atoms with van der Waals surface area (Å²) in [5.41, 5.74) is 1.11. The Morgan fingerprint density at radius 3 is 2.13 bits per heavy atom. The molecule has 3 aliphatic rings. The molecule has 0 unspecified atom stereocenters. The third-order valence-corrected chi connectivity index (χ3v) is 5.08. The van der Waals surface area contributed by atoms with Crippen molar-refractivity contribution in [3.8, 4) is 23.0 Å². The second-order valence-electron chi connectivity index (χ2n) is 6.06.